The number of hydrogen-bond donors (Lipinski definition) is 2. The van der Waals surface area contributed by atoms with Gasteiger partial charge in [-0.15, -0.1) is 0 Å². The molecular weight excluding hydrogens is 360 g/mol. The van der Waals surface area contributed by atoms with E-state index in [2.05, 4.69) is 10.1 Å². The SMILES string of the molecule is CC.CC.CC(C)(C)OC=O.CN[C@H](C(=O)N1CCCC1C(=O)O)C(C)(C)C. The maximum atomic E-state index is 12.3. The van der Waals surface area contributed by atoms with E-state index in [4.69, 9.17) is 5.11 Å². The van der Waals surface area contributed by atoms with E-state index in [0.717, 1.165) is 6.42 Å². The highest BCUT2D eigenvalue weighted by Gasteiger charge is 2.40. The van der Waals surface area contributed by atoms with Gasteiger partial charge in [0.1, 0.15) is 11.6 Å². The molecule has 1 saturated heterocycles. The minimum atomic E-state index is -0.903. The average molecular weight is 405 g/mol. The minimum absolute atomic E-state index is 0.107. The topological polar surface area (TPSA) is 95.9 Å². The molecule has 1 aliphatic rings. The Labute approximate surface area is 172 Å². The van der Waals surface area contributed by atoms with Crippen molar-refractivity contribution in [3.8, 4) is 0 Å². The number of carboxylic acid groups (broad SMARTS) is 1. The van der Waals surface area contributed by atoms with Crippen LogP contribution in [0.2, 0.25) is 0 Å². The molecule has 2 atom stereocenters. The highest BCUT2D eigenvalue weighted by molar-refractivity contribution is 5.88. The molecule has 1 unspecified atom stereocenters. The van der Waals surface area contributed by atoms with Crippen molar-refractivity contribution >= 4 is 18.3 Å². The van der Waals surface area contributed by atoms with Gasteiger partial charge in [0.2, 0.25) is 5.91 Å². The third kappa shape index (κ3) is 12.7. The van der Waals surface area contributed by atoms with E-state index in [1.165, 1.54) is 4.90 Å². The zero-order valence-electron chi connectivity index (χ0n) is 19.9. The van der Waals surface area contributed by atoms with Crippen LogP contribution in [0.1, 0.15) is 82.1 Å². The van der Waals surface area contributed by atoms with Gasteiger partial charge >= 0.3 is 5.97 Å². The molecule has 0 aliphatic carbocycles. The maximum Gasteiger partial charge on any atom is 0.326 e. The first-order valence-corrected chi connectivity index (χ1v) is 10.2. The van der Waals surface area contributed by atoms with E-state index in [0.29, 0.717) is 19.4 Å². The summed E-state index contributed by atoms with van der Waals surface area (Å²) >= 11 is 0. The average Bonchev–Trinajstić information content (AvgIpc) is 3.07. The standard InChI is InChI=1S/C12H22N2O3.C5H10O2.2C2H6/c1-12(2,3)9(13-4)10(15)14-7-5-6-8(14)11(16)17;1-5(2,3)7-4-6;2*1-2/h8-9,13H,5-7H2,1-4H3,(H,16,17);4H,1-3H3;2*1-2H3/t8?,9-;;;/m1.../s1. The zero-order valence-corrected chi connectivity index (χ0v) is 19.9. The molecule has 0 aromatic heterocycles. The fourth-order valence-electron chi connectivity index (χ4n) is 2.52. The lowest BCUT2D eigenvalue weighted by atomic mass is 9.86. The number of carboxylic acids is 1. The molecular formula is C21H44N2O5. The second kappa shape index (κ2) is 15.3. The lowest BCUT2D eigenvalue weighted by Gasteiger charge is -2.34. The van der Waals surface area contributed by atoms with Crippen LogP contribution in [0.4, 0.5) is 0 Å². The van der Waals surface area contributed by atoms with Crippen LogP contribution in [-0.2, 0) is 19.1 Å². The predicted octanol–water partition coefficient (Wildman–Crippen LogP) is 3.71. The quantitative estimate of drug-likeness (QED) is 0.694. The number of rotatable bonds is 4. The summed E-state index contributed by atoms with van der Waals surface area (Å²) in [6.45, 7) is 20.4. The normalized spacial score (nSPS) is 16.8. The summed E-state index contributed by atoms with van der Waals surface area (Å²) in [5.74, 6) is -1.01. The number of carbonyl (C=O) groups excluding carboxylic acids is 2. The summed E-state index contributed by atoms with van der Waals surface area (Å²) in [5, 5.41) is 12.1. The Morgan fingerprint density at radius 2 is 1.57 bits per heavy atom. The number of nitrogens with one attached hydrogen (secondary N) is 1. The lowest BCUT2D eigenvalue weighted by molar-refractivity contribution is -0.150. The lowest BCUT2D eigenvalue weighted by Crippen LogP contribution is -2.54. The predicted molar refractivity (Wildman–Crippen MR) is 114 cm³/mol. The molecule has 0 aromatic rings. The van der Waals surface area contributed by atoms with Gasteiger partial charge in [-0.2, -0.15) is 0 Å². The van der Waals surface area contributed by atoms with Crippen LogP contribution >= 0.6 is 0 Å². The number of hydrogen-bond acceptors (Lipinski definition) is 5. The third-order valence-corrected chi connectivity index (χ3v) is 3.62. The summed E-state index contributed by atoms with van der Waals surface area (Å²) < 4.78 is 4.55. The molecule has 1 fully saturated rings. The summed E-state index contributed by atoms with van der Waals surface area (Å²) in [6, 6.07) is -0.997. The van der Waals surface area contributed by atoms with Gasteiger partial charge in [0.05, 0.1) is 6.04 Å². The molecule has 1 amide bonds. The summed E-state index contributed by atoms with van der Waals surface area (Å²) in [4.78, 5) is 34.5. The molecule has 0 spiro atoms. The van der Waals surface area contributed by atoms with Crippen LogP contribution in [0.25, 0.3) is 0 Å². The summed E-state index contributed by atoms with van der Waals surface area (Å²) in [5.41, 5.74) is -0.542. The first-order chi connectivity index (χ1) is 12.8. The van der Waals surface area contributed by atoms with Gasteiger partial charge in [0.25, 0.3) is 6.47 Å². The van der Waals surface area contributed by atoms with Gasteiger partial charge < -0.3 is 20.1 Å². The zero-order chi connectivity index (χ0) is 23.1. The minimum Gasteiger partial charge on any atom is -0.480 e. The van der Waals surface area contributed by atoms with Crippen LogP contribution < -0.4 is 5.32 Å². The Kier molecular flexibility index (Phi) is 17.0. The van der Waals surface area contributed by atoms with E-state index in [-0.39, 0.29) is 23.0 Å². The molecule has 0 saturated carbocycles. The first-order valence-electron chi connectivity index (χ1n) is 10.2. The number of carbonyl (C=O) groups is 3. The number of likely N-dealkylation sites (tertiary alicyclic amines) is 1. The fourth-order valence-corrected chi connectivity index (χ4v) is 2.52. The van der Waals surface area contributed by atoms with Crippen LogP contribution in [0.15, 0.2) is 0 Å². The number of amides is 1. The van der Waals surface area contributed by atoms with Gasteiger partial charge in [0, 0.05) is 6.54 Å². The number of likely N-dealkylation sites (N-methyl/N-ethyl adjacent to an activating group) is 1. The van der Waals surface area contributed by atoms with E-state index >= 15 is 0 Å². The van der Waals surface area contributed by atoms with Gasteiger partial charge in [0.15, 0.2) is 0 Å². The van der Waals surface area contributed by atoms with Crippen LogP contribution in [0.3, 0.4) is 0 Å². The van der Waals surface area contributed by atoms with Crippen molar-refractivity contribution in [1.82, 2.24) is 10.2 Å². The number of nitrogens with zero attached hydrogens (tertiary/aromatic N) is 1. The number of aliphatic carboxylic acids is 1. The van der Waals surface area contributed by atoms with Gasteiger partial charge in [-0.25, -0.2) is 4.79 Å². The van der Waals surface area contributed by atoms with E-state index < -0.39 is 12.0 Å². The largest absolute Gasteiger partial charge is 0.480 e. The second-order valence-electron chi connectivity index (χ2n) is 7.94. The molecule has 7 heteroatoms. The molecule has 0 bridgehead atoms. The smallest absolute Gasteiger partial charge is 0.326 e. The van der Waals surface area contributed by atoms with Gasteiger partial charge in [-0.3, -0.25) is 9.59 Å². The Balaban J connectivity index is -0.000000477. The molecule has 168 valence electrons. The van der Waals surface area contributed by atoms with Crippen LogP contribution in [0, 0.1) is 5.41 Å². The Morgan fingerprint density at radius 3 is 1.82 bits per heavy atom. The highest BCUT2D eigenvalue weighted by Crippen LogP contribution is 2.25. The van der Waals surface area contributed by atoms with E-state index in [1.54, 1.807) is 7.05 Å². The van der Waals surface area contributed by atoms with Crippen molar-refractivity contribution in [2.24, 2.45) is 5.41 Å². The molecule has 0 radical (unpaired) electrons. The maximum absolute atomic E-state index is 12.3. The van der Waals surface area contributed by atoms with Gasteiger partial charge in [-0.05, 0) is 46.1 Å². The Morgan fingerprint density at radius 1 is 1.11 bits per heavy atom. The molecule has 2 N–H and O–H groups in total. The molecule has 1 heterocycles. The monoisotopic (exact) mass is 404 g/mol. The molecule has 1 aliphatic heterocycles. The van der Waals surface area contributed by atoms with Crippen molar-refractivity contribution in [3.63, 3.8) is 0 Å². The Bertz CT molecular complexity index is 439. The van der Waals surface area contributed by atoms with Crippen LogP contribution in [0.5, 0.6) is 0 Å². The van der Waals surface area contributed by atoms with E-state index in [9.17, 15) is 14.4 Å². The molecule has 1 rings (SSSR count). The number of ether oxygens (including phenoxy) is 1. The van der Waals surface area contributed by atoms with Crippen molar-refractivity contribution < 1.29 is 24.2 Å². The highest BCUT2D eigenvalue weighted by atomic mass is 16.5. The van der Waals surface area contributed by atoms with Crippen molar-refractivity contribution in [2.45, 2.75) is 99.8 Å². The van der Waals surface area contributed by atoms with E-state index in [1.807, 2.05) is 69.2 Å². The fraction of sp³-hybridized carbons (Fsp3) is 0.857. The van der Waals surface area contributed by atoms with Crippen molar-refractivity contribution in [1.29, 1.82) is 0 Å². The Hall–Kier alpha value is -1.63. The van der Waals surface area contributed by atoms with Gasteiger partial charge in [-0.1, -0.05) is 48.5 Å². The molecule has 7 nitrogen and oxygen atoms in total. The van der Waals surface area contributed by atoms with Crippen molar-refractivity contribution in [3.05, 3.63) is 0 Å². The van der Waals surface area contributed by atoms with Crippen LogP contribution in [-0.4, -0.2) is 59.6 Å². The second-order valence-corrected chi connectivity index (χ2v) is 7.94. The summed E-state index contributed by atoms with van der Waals surface area (Å²) in [6.07, 6.45) is 1.32. The third-order valence-electron chi connectivity index (χ3n) is 3.62. The summed E-state index contributed by atoms with van der Waals surface area (Å²) in [7, 11) is 1.74. The molecule has 0 aromatic carbocycles. The molecule has 28 heavy (non-hydrogen) atoms. The first kappa shape index (κ1) is 31.1. The van der Waals surface area contributed by atoms with Crippen molar-refractivity contribution in [2.75, 3.05) is 13.6 Å².